The predicted molar refractivity (Wildman–Crippen MR) is 70.2 cm³/mol. The number of H-pyrrole nitrogens is 1. The van der Waals surface area contributed by atoms with Crippen molar-refractivity contribution in [3.05, 3.63) is 52.3 Å². The molecule has 0 aliphatic heterocycles. The molecule has 0 fully saturated rings. The summed E-state index contributed by atoms with van der Waals surface area (Å²) in [6.07, 6.45) is 3.02. The van der Waals surface area contributed by atoms with Gasteiger partial charge in [-0.2, -0.15) is 0 Å². The molecule has 0 bridgehead atoms. The number of pyridine rings is 1. The molecule has 2 rings (SSSR count). The summed E-state index contributed by atoms with van der Waals surface area (Å²) in [6.45, 7) is 2.11. The Kier molecular flexibility index (Phi) is 3.57. The first kappa shape index (κ1) is 12.1. The second-order valence-corrected chi connectivity index (χ2v) is 3.75. The van der Waals surface area contributed by atoms with Gasteiger partial charge in [-0.25, -0.2) is 4.79 Å². The van der Waals surface area contributed by atoms with Crippen LogP contribution < -0.4 is 5.56 Å². The fourth-order valence-corrected chi connectivity index (χ4v) is 1.63. The predicted octanol–water partition coefficient (Wildman–Crippen LogP) is 2.10. The maximum atomic E-state index is 11.2. The molecule has 0 saturated heterocycles. The standard InChI is InChI=1S/C14H13NO3/c1-2-18-14(17)8-4-10-3-5-11-6-7-13(16)15-12(11)9-10/h3-9H,2H2,1H3,(H,15,16). The third-order valence-electron chi connectivity index (χ3n) is 2.45. The van der Waals surface area contributed by atoms with Gasteiger partial charge in [0.1, 0.15) is 0 Å². The van der Waals surface area contributed by atoms with E-state index in [1.807, 2.05) is 18.2 Å². The maximum absolute atomic E-state index is 11.2. The molecule has 1 heterocycles. The highest BCUT2D eigenvalue weighted by atomic mass is 16.5. The molecule has 18 heavy (non-hydrogen) atoms. The molecule has 0 saturated carbocycles. The summed E-state index contributed by atoms with van der Waals surface area (Å²) in [4.78, 5) is 25.1. The summed E-state index contributed by atoms with van der Waals surface area (Å²) in [5.41, 5.74) is 1.43. The van der Waals surface area contributed by atoms with Crippen LogP contribution in [-0.4, -0.2) is 17.6 Å². The van der Waals surface area contributed by atoms with Crippen LogP contribution >= 0.6 is 0 Å². The highest BCUT2D eigenvalue weighted by Gasteiger charge is 1.97. The molecule has 4 heteroatoms. The van der Waals surface area contributed by atoms with Crippen LogP contribution in [-0.2, 0) is 9.53 Å². The number of fused-ring (bicyclic) bond motifs is 1. The fourth-order valence-electron chi connectivity index (χ4n) is 1.63. The van der Waals surface area contributed by atoms with Crippen LogP contribution in [0.5, 0.6) is 0 Å². The van der Waals surface area contributed by atoms with Crippen molar-refractivity contribution in [3.63, 3.8) is 0 Å². The van der Waals surface area contributed by atoms with E-state index in [1.54, 1.807) is 19.1 Å². The number of hydrogen-bond acceptors (Lipinski definition) is 3. The molecule has 0 radical (unpaired) electrons. The number of benzene rings is 1. The van der Waals surface area contributed by atoms with E-state index >= 15 is 0 Å². The summed E-state index contributed by atoms with van der Waals surface area (Å²) >= 11 is 0. The number of ether oxygens (including phenoxy) is 1. The zero-order chi connectivity index (χ0) is 13.0. The Morgan fingerprint density at radius 1 is 1.33 bits per heavy atom. The van der Waals surface area contributed by atoms with Gasteiger partial charge < -0.3 is 9.72 Å². The first-order valence-corrected chi connectivity index (χ1v) is 5.67. The summed E-state index contributed by atoms with van der Waals surface area (Å²) < 4.78 is 4.79. The number of esters is 1. The summed E-state index contributed by atoms with van der Waals surface area (Å²) in [5.74, 6) is -0.376. The average molecular weight is 243 g/mol. The van der Waals surface area contributed by atoms with Crippen LogP contribution in [0.25, 0.3) is 17.0 Å². The molecule has 0 unspecified atom stereocenters. The number of hydrogen-bond donors (Lipinski definition) is 1. The van der Waals surface area contributed by atoms with Crippen LogP contribution in [0.2, 0.25) is 0 Å². The van der Waals surface area contributed by atoms with Gasteiger partial charge in [0.25, 0.3) is 0 Å². The molecule has 92 valence electrons. The molecule has 0 atom stereocenters. The zero-order valence-corrected chi connectivity index (χ0v) is 9.97. The number of carbonyl (C=O) groups excluding carboxylic acids is 1. The molecule has 1 aromatic heterocycles. The Hall–Kier alpha value is -2.36. The highest BCUT2D eigenvalue weighted by Crippen LogP contribution is 2.13. The van der Waals surface area contributed by atoms with E-state index in [9.17, 15) is 9.59 Å². The SMILES string of the molecule is CCOC(=O)C=Cc1ccc2ccc(=O)[nH]c2c1. The topological polar surface area (TPSA) is 59.2 Å². The van der Waals surface area contributed by atoms with Crippen molar-refractivity contribution in [2.45, 2.75) is 6.92 Å². The van der Waals surface area contributed by atoms with E-state index in [-0.39, 0.29) is 11.5 Å². The van der Waals surface area contributed by atoms with E-state index in [4.69, 9.17) is 4.74 Å². The van der Waals surface area contributed by atoms with Crippen LogP contribution in [0.1, 0.15) is 12.5 Å². The van der Waals surface area contributed by atoms with E-state index < -0.39 is 0 Å². The first-order valence-electron chi connectivity index (χ1n) is 5.67. The normalized spacial score (nSPS) is 10.9. The second kappa shape index (κ2) is 5.31. The molecule has 1 N–H and O–H groups in total. The second-order valence-electron chi connectivity index (χ2n) is 3.75. The number of carbonyl (C=O) groups is 1. The minimum atomic E-state index is -0.376. The molecule has 0 amide bonds. The van der Waals surface area contributed by atoms with Gasteiger partial charge in [0.2, 0.25) is 5.56 Å². The van der Waals surface area contributed by atoms with Gasteiger partial charge >= 0.3 is 5.97 Å². The van der Waals surface area contributed by atoms with Crippen LogP contribution in [0.15, 0.2) is 41.2 Å². The summed E-state index contributed by atoms with van der Waals surface area (Å²) in [5, 5.41) is 0.947. The third-order valence-corrected chi connectivity index (χ3v) is 2.45. The Balaban J connectivity index is 2.29. The molecule has 1 aromatic carbocycles. The van der Waals surface area contributed by atoms with Gasteiger partial charge in [-0.1, -0.05) is 12.1 Å². The summed E-state index contributed by atoms with van der Waals surface area (Å²) in [6, 6.07) is 8.81. The first-order chi connectivity index (χ1) is 8.69. The monoisotopic (exact) mass is 243 g/mol. The van der Waals surface area contributed by atoms with Crippen molar-refractivity contribution in [2.24, 2.45) is 0 Å². The van der Waals surface area contributed by atoms with Crippen LogP contribution in [0.3, 0.4) is 0 Å². The molecule has 2 aromatic rings. The van der Waals surface area contributed by atoms with Crippen molar-refractivity contribution in [1.82, 2.24) is 4.98 Å². The maximum Gasteiger partial charge on any atom is 0.330 e. The molecule has 4 nitrogen and oxygen atoms in total. The fraction of sp³-hybridized carbons (Fsp3) is 0.143. The van der Waals surface area contributed by atoms with Crippen molar-refractivity contribution in [3.8, 4) is 0 Å². The van der Waals surface area contributed by atoms with Crippen LogP contribution in [0, 0.1) is 0 Å². The lowest BCUT2D eigenvalue weighted by atomic mass is 10.1. The van der Waals surface area contributed by atoms with Gasteiger partial charge in [0, 0.05) is 17.7 Å². The number of nitrogens with one attached hydrogen (secondary N) is 1. The number of aromatic nitrogens is 1. The molecule has 0 aliphatic carbocycles. The molecule has 0 aliphatic rings. The smallest absolute Gasteiger partial charge is 0.330 e. The van der Waals surface area contributed by atoms with Crippen molar-refractivity contribution >= 4 is 22.9 Å². The lowest BCUT2D eigenvalue weighted by molar-refractivity contribution is -0.137. The Morgan fingerprint density at radius 2 is 2.11 bits per heavy atom. The quantitative estimate of drug-likeness (QED) is 0.663. The van der Waals surface area contributed by atoms with E-state index in [0.717, 1.165) is 16.5 Å². The van der Waals surface area contributed by atoms with Gasteiger partial charge in [0.05, 0.1) is 6.61 Å². The van der Waals surface area contributed by atoms with Crippen LogP contribution in [0.4, 0.5) is 0 Å². The molecular weight excluding hydrogens is 230 g/mol. The third kappa shape index (κ3) is 2.85. The van der Waals surface area contributed by atoms with E-state index in [1.165, 1.54) is 12.1 Å². The van der Waals surface area contributed by atoms with Gasteiger partial charge in [-0.3, -0.25) is 4.79 Å². The zero-order valence-electron chi connectivity index (χ0n) is 9.97. The number of rotatable bonds is 3. The van der Waals surface area contributed by atoms with E-state index in [2.05, 4.69) is 4.98 Å². The average Bonchev–Trinajstić information content (AvgIpc) is 2.36. The van der Waals surface area contributed by atoms with Crippen molar-refractivity contribution in [1.29, 1.82) is 0 Å². The van der Waals surface area contributed by atoms with Crippen molar-refractivity contribution in [2.75, 3.05) is 6.61 Å². The highest BCUT2D eigenvalue weighted by molar-refractivity contribution is 5.88. The Bertz CT molecular complexity index is 655. The lowest BCUT2D eigenvalue weighted by Gasteiger charge is -1.99. The van der Waals surface area contributed by atoms with E-state index in [0.29, 0.717) is 6.61 Å². The summed E-state index contributed by atoms with van der Waals surface area (Å²) in [7, 11) is 0. The minimum Gasteiger partial charge on any atom is -0.463 e. The number of aromatic amines is 1. The Morgan fingerprint density at radius 3 is 2.89 bits per heavy atom. The Labute approximate surface area is 104 Å². The van der Waals surface area contributed by atoms with Gasteiger partial charge in [0.15, 0.2) is 0 Å². The minimum absolute atomic E-state index is 0.144. The largest absolute Gasteiger partial charge is 0.463 e. The van der Waals surface area contributed by atoms with Crippen molar-refractivity contribution < 1.29 is 9.53 Å². The van der Waals surface area contributed by atoms with Gasteiger partial charge in [-0.05, 0) is 36.1 Å². The molecular formula is C14H13NO3. The van der Waals surface area contributed by atoms with Gasteiger partial charge in [-0.15, -0.1) is 0 Å². The lowest BCUT2D eigenvalue weighted by Crippen LogP contribution is -2.02. The molecule has 0 spiro atoms.